The normalized spacial score (nSPS) is 18.4. The summed E-state index contributed by atoms with van der Waals surface area (Å²) in [5, 5.41) is 11.4. The smallest absolute Gasteiger partial charge is 0.326 e. The van der Waals surface area contributed by atoms with E-state index < -0.39 is 12.0 Å². The number of aliphatic carboxylic acids is 1. The third-order valence-corrected chi connectivity index (χ3v) is 4.11. The fourth-order valence-corrected chi connectivity index (χ4v) is 3.06. The van der Waals surface area contributed by atoms with Crippen LogP contribution in [0, 0.1) is 0 Å². The number of aromatic nitrogens is 1. The van der Waals surface area contributed by atoms with Gasteiger partial charge in [0.2, 0.25) is 0 Å². The van der Waals surface area contributed by atoms with Crippen LogP contribution in [0.1, 0.15) is 23.3 Å². The number of carboxylic acid groups (broad SMARTS) is 1. The van der Waals surface area contributed by atoms with E-state index >= 15 is 0 Å². The van der Waals surface area contributed by atoms with Gasteiger partial charge in [0.05, 0.1) is 6.26 Å². The van der Waals surface area contributed by atoms with Crippen LogP contribution in [-0.4, -0.2) is 39.5 Å². The van der Waals surface area contributed by atoms with Crippen molar-refractivity contribution in [2.45, 2.75) is 18.9 Å². The van der Waals surface area contributed by atoms with Gasteiger partial charge in [0.1, 0.15) is 11.7 Å². The highest BCUT2D eigenvalue weighted by Gasteiger charge is 2.35. The number of hydrogen-bond acceptors (Lipinski definition) is 5. The Bertz CT molecular complexity index is 635. The summed E-state index contributed by atoms with van der Waals surface area (Å²) in [5.74, 6) is -0.688. The van der Waals surface area contributed by atoms with Gasteiger partial charge < -0.3 is 14.4 Å². The molecule has 2 aromatic heterocycles. The maximum Gasteiger partial charge on any atom is 0.326 e. The molecule has 20 heavy (non-hydrogen) atoms. The zero-order valence-corrected chi connectivity index (χ0v) is 11.3. The molecule has 1 aliphatic heterocycles. The van der Waals surface area contributed by atoms with Crippen LogP contribution in [0.3, 0.4) is 0 Å². The zero-order chi connectivity index (χ0) is 14.1. The average molecular weight is 292 g/mol. The maximum absolute atomic E-state index is 12.3. The first-order valence-corrected chi connectivity index (χ1v) is 7.08. The van der Waals surface area contributed by atoms with E-state index in [1.54, 1.807) is 23.8 Å². The summed E-state index contributed by atoms with van der Waals surface area (Å²) >= 11 is 1.30. The molecule has 1 aliphatic rings. The van der Waals surface area contributed by atoms with Gasteiger partial charge in [-0.1, -0.05) is 0 Å². The second-order valence-corrected chi connectivity index (χ2v) is 5.37. The molecule has 0 bridgehead atoms. The first-order chi connectivity index (χ1) is 9.66. The summed E-state index contributed by atoms with van der Waals surface area (Å²) in [5.41, 5.74) is 0.273. The molecule has 0 spiro atoms. The fraction of sp³-hybridized carbons (Fsp3) is 0.308. The summed E-state index contributed by atoms with van der Waals surface area (Å²) in [6.07, 6.45) is 2.74. The molecular weight excluding hydrogens is 280 g/mol. The number of carboxylic acids is 1. The lowest BCUT2D eigenvalue weighted by atomic mass is 10.2. The first-order valence-electron chi connectivity index (χ1n) is 6.20. The second kappa shape index (κ2) is 5.09. The summed E-state index contributed by atoms with van der Waals surface area (Å²) < 4.78 is 5.23. The number of likely N-dealkylation sites (tertiary alicyclic amines) is 1. The summed E-state index contributed by atoms with van der Waals surface area (Å²) in [6, 6.07) is 2.78. The van der Waals surface area contributed by atoms with Crippen molar-refractivity contribution in [1.82, 2.24) is 9.88 Å². The Labute approximate surface area is 118 Å². The molecule has 1 N–H and O–H groups in total. The van der Waals surface area contributed by atoms with Crippen LogP contribution in [0.2, 0.25) is 0 Å². The topological polar surface area (TPSA) is 83.6 Å². The van der Waals surface area contributed by atoms with Crippen LogP contribution in [0.4, 0.5) is 0 Å². The van der Waals surface area contributed by atoms with Crippen molar-refractivity contribution in [3.63, 3.8) is 0 Å². The minimum atomic E-state index is -0.961. The molecule has 6 nitrogen and oxygen atoms in total. The first kappa shape index (κ1) is 12.9. The minimum Gasteiger partial charge on any atom is -0.480 e. The Balaban J connectivity index is 1.83. The summed E-state index contributed by atoms with van der Waals surface area (Å²) in [6.45, 7) is 0.462. The number of thiazole rings is 1. The molecule has 1 amide bonds. The molecule has 2 aromatic rings. The Kier molecular flexibility index (Phi) is 3.27. The molecule has 3 rings (SSSR count). The van der Waals surface area contributed by atoms with Gasteiger partial charge in [0, 0.05) is 11.9 Å². The quantitative estimate of drug-likeness (QED) is 0.936. The third-order valence-electron chi connectivity index (χ3n) is 3.25. The van der Waals surface area contributed by atoms with Gasteiger partial charge in [-0.2, -0.15) is 0 Å². The molecule has 7 heteroatoms. The van der Waals surface area contributed by atoms with Gasteiger partial charge in [-0.15, -0.1) is 11.3 Å². The number of carbonyl (C=O) groups excluding carboxylic acids is 1. The SMILES string of the molecule is O=C(O)C1CCCN1C(=O)c1csc(-c2ccco2)n1. The molecule has 0 aromatic carbocycles. The number of rotatable bonds is 3. The van der Waals surface area contributed by atoms with E-state index in [9.17, 15) is 9.59 Å². The van der Waals surface area contributed by atoms with Crippen molar-refractivity contribution in [2.75, 3.05) is 6.54 Å². The largest absolute Gasteiger partial charge is 0.480 e. The van der Waals surface area contributed by atoms with E-state index in [2.05, 4.69) is 4.98 Å². The Morgan fingerprint density at radius 3 is 3.05 bits per heavy atom. The van der Waals surface area contributed by atoms with Crippen LogP contribution >= 0.6 is 11.3 Å². The van der Waals surface area contributed by atoms with Gasteiger partial charge in [-0.25, -0.2) is 9.78 Å². The molecule has 0 aliphatic carbocycles. The Morgan fingerprint density at radius 1 is 1.50 bits per heavy atom. The molecule has 104 valence electrons. The van der Waals surface area contributed by atoms with Crippen LogP contribution in [0.25, 0.3) is 10.8 Å². The van der Waals surface area contributed by atoms with Crippen molar-refractivity contribution < 1.29 is 19.1 Å². The highest BCUT2D eigenvalue weighted by atomic mass is 32.1. The van der Waals surface area contributed by atoms with Crippen LogP contribution in [0.15, 0.2) is 28.2 Å². The molecule has 1 unspecified atom stereocenters. The van der Waals surface area contributed by atoms with Crippen LogP contribution in [-0.2, 0) is 4.79 Å². The molecule has 0 saturated carbocycles. The van der Waals surface area contributed by atoms with Crippen LogP contribution in [0.5, 0.6) is 0 Å². The van der Waals surface area contributed by atoms with Crippen molar-refractivity contribution >= 4 is 23.2 Å². The van der Waals surface area contributed by atoms with E-state index in [4.69, 9.17) is 9.52 Å². The molecular formula is C13H12N2O4S. The predicted molar refractivity (Wildman–Crippen MR) is 71.5 cm³/mol. The van der Waals surface area contributed by atoms with Crippen molar-refractivity contribution in [2.24, 2.45) is 0 Å². The molecule has 1 saturated heterocycles. The van der Waals surface area contributed by atoms with Crippen molar-refractivity contribution in [3.8, 4) is 10.8 Å². The highest BCUT2D eigenvalue weighted by molar-refractivity contribution is 7.13. The molecule has 1 fully saturated rings. The average Bonchev–Trinajstić information content (AvgIpc) is 3.17. The van der Waals surface area contributed by atoms with Crippen molar-refractivity contribution in [1.29, 1.82) is 0 Å². The van der Waals surface area contributed by atoms with E-state index in [-0.39, 0.29) is 11.6 Å². The van der Waals surface area contributed by atoms with Crippen molar-refractivity contribution in [3.05, 3.63) is 29.5 Å². The van der Waals surface area contributed by atoms with E-state index in [0.717, 1.165) is 0 Å². The second-order valence-electron chi connectivity index (χ2n) is 4.51. The molecule has 1 atom stereocenters. The lowest BCUT2D eigenvalue weighted by Gasteiger charge is -2.20. The number of amides is 1. The van der Waals surface area contributed by atoms with E-state index in [0.29, 0.717) is 30.2 Å². The minimum absolute atomic E-state index is 0.273. The lowest BCUT2D eigenvalue weighted by molar-refractivity contribution is -0.141. The van der Waals surface area contributed by atoms with Gasteiger partial charge in [-0.05, 0) is 25.0 Å². The zero-order valence-electron chi connectivity index (χ0n) is 10.5. The predicted octanol–water partition coefficient (Wildman–Crippen LogP) is 2.09. The van der Waals surface area contributed by atoms with Gasteiger partial charge in [0.15, 0.2) is 10.8 Å². The summed E-state index contributed by atoms with van der Waals surface area (Å²) in [4.78, 5) is 29.0. The third kappa shape index (κ3) is 2.20. The maximum atomic E-state index is 12.3. The summed E-state index contributed by atoms with van der Waals surface area (Å²) in [7, 11) is 0. The highest BCUT2D eigenvalue weighted by Crippen LogP contribution is 2.26. The Hall–Kier alpha value is -2.15. The van der Waals surface area contributed by atoms with E-state index in [1.807, 2.05) is 0 Å². The Morgan fingerprint density at radius 2 is 2.35 bits per heavy atom. The number of hydrogen-bond donors (Lipinski definition) is 1. The monoisotopic (exact) mass is 292 g/mol. The van der Waals surface area contributed by atoms with E-state index in [1.165, 1.54) is 16.2 Å². The van der Waals surface area contributed by atoms with Crippen LogP contribution < -0.4 is 0 Å². The van der Waals surface area contributed by atoms with Gasteiger partial charge in [-0.3, -0.25) is 4.79 Å². The lowest BCUT2D eigenvalue weighted by Crippen LogP contribution is -2.40. The standard InChI is InChI=1S/C13H12N2O4S/c16-12(15-5-1-3-9(15)13(17)18)8-7-20-11(14-8)10-4-2-6-19-10/h2,4,6-7,9H,1,3,5H2,(H,17,18). The number of nitrogens with zero attached hydrogens (tertiary/aromatic N) is 2. The molecule has 0 radical (unpaired) electrons. The fourth-order valence-electron chi connectivity index (χ4n) is 2.30. The van der Waals surface area contributed by atoms with Gasteiger partial charge in [0.25, 0.3) is 5.91 Å². The molecule has 3 heterocycles. The van der Waals surface area contributed by atoms with Gasteiger partial charge >= 0.3 is 5.97 Å². The number of carbonyl (C=O) groups is 2. The number of furan rings is 1.